The molecule has 2 aromatic rings. The van der Waals surface area contributed by atoms with Gasteiger partial charge in [0.2, 0.25) is 0 Å². The van der Waals surface area contributed by atoms with Crippen molar-refractivity contribution in [2.24, 2.45) is 5.73 Å². The van der Waals surface area contributed by atoms with Gasteiger partial charge in [0.15, 0.2) is 0 Å². The summed E-state index contributed by atoms with van der Waals surface area (Å²) in [5.74, 6) is -0.436. The number of fused-ring (bicyclic) bond motifs is 1. The van der Waals surface area contributed by atoms with Crippen LogP contribution < -0.4 is 10.5 Å². The van der Waals surface area contributed by atoms with E-state index in [0.717, 1.165) is 10.8 Å². The molecule has 1 unspecified atom stereocenters. The van der Waals surface area contributed by atoms with Crippen LogP contribution in [0.25, 0.3) is 10.8 Å². The molecule has 18 heavy (non-hydrogen) atoms. The van der Waals surface area contributed by atoms with Crippen molar-refractivity contribution in [2.45, 2.75) is 12.5 Å². The van der Waals surface area contributed by atoms with E-state index >= 15 is 0 Å². The summed E-state index contributed by atoms with van der Waals surface area (Å²) >= 11 is 0. The average Bonchev–Trinajstić information content (AvgIpc) is 2.36. The van der Waals surface area contributed by atoms with Gasteiger partial charge in [-0.1, -0.05) is 36.4 Å². The van der Waals surface area contributed by atoms with Crippen LogP contribution in [-0.4, -0.2) is 23.2 Å². The molecule has 0 saturated carbocycles. The second-order valence-electron chi connectivity index (χ2n) is 4.49. The van der Waals surface area contributed by atoms with Crippen LogP contribution in [0.4, 0.5) is 0 Å². The molecule has 94 valence electrons. The van der Waals surface area contributed by atoms with Crippen molar-refractivity contribution in [3.63, 3.8) is 0 Å². The predicted octanol–water partition coefficient (Wildman–Crippen LogP) is 2.02. The fourth-order valence-corrected chi connectivity index (χ4v) is 1.61. The number of nitrogens with two attached hydrogens (primary N) is 1. The molecular formula is C14H15NO3. The SMILES string of the molecule is CC(N)(COc1cccc2ccccc12)C(=O)O. The molecule has 0 aliphatic heterocycles. The van der Waals surface area contributed by atoms with Gasteiger partial charge in [-0.3, -0.25) is 4.79 Å². The number of carboxylic acid groups (broad SMARTS) is 1. The van der Waals surface area contributed by atoms with E-state index in [1.54, 1.807) is 6.07 Å². The molecule has 2 aromatic carbocycles. The molecule has 1 atom stereocenters. The van der Waals surface area contributed by atoms with E-state index in [1.807, 2.05) is 36.4 Å². The Labute approximate surface area is 105 Å². The Morgan fingerprint density at radius 2 is 1.94 bits per heavy atom. The Bertz CT molecular complexity index is 573. The maximum atomic E-state index is 10.9. The van der Waals surface area contributed by atoms with E-state index in [1.165, 1.54) is 6.92 Å². The lowest BCUT2D eigenvalue weighted by molar-refractivity contribution is -0.143. The van der Waals surface area contributed by atoms with Crippen molar-refractivity contribution >= 4 is 16.7 Å². The Kier molecular flexibility index (Phi) is 3.21. The molecular weight excluding hydrogens is 230 g/mol. The summed E-state index contributed by atoms with van der Waals surface area (Å²) in [6.45, 7) is 1.36. The molecule has 4 nitrogen and oxygen atoms in total. The van der Waals surface area contributed by atoms with E-state index in [-0.39, 0.29) is 6.61 Å². The molecule has 3 N–H and O–H groups in total. The normalized spacial score (nSPS) is 14.1. The molecule has 0 heterocycles. The zero-order valence-corrected chi connectivity index (χ0v) is 10.1. The highest BCUT2D eigenvalue weighted by atomic mass is 16.5. The van der Waals surface area contributed by atoms with Crippen molar-refractivity contribution in [2.75, 3.05) is 6.61 Å². The minimum Gasteiger partial charge on any atom is -0.490 e. The standard InChI is InChI=1S/C14H15NO3/c1-14(15,13(16)17)9-18-12-8-4-6-10-5-2-3-7-11(10)12/h2-8H,9,15H2,1H3,(H,16,17). The largest absolute Gasteiger partial charge is 0.490 e. The lowest BCUT2D eigenvalue weighted by atomic mass is 10.1. The monoisotopic (exact) mass is 245 g/mol. The highest BCUT2D eigenvalue weighted by Crippen LogP contribution is 2.25. The second kappa shape index (κ2) is 4.66. The highest BCUT2D eigenvalue weighted by molar-refractivity contribution is 5.88. The fourth-order valence-electron chi connectivity index (χ4n) is 1.61. The molecule has 0 amide bonds. The van der Waals surface area contributed by atoms with Crippen LogP contribution in [0, 0.1) is 0 Å². The van der Waals surface area contributed by atoms with Crippen LogP contribution in [0.3, 0.4) is 0 Å². The molecule has 0 bridgehead atoms. The van der Waals surface area contributed by atoms with Crippen molar-refractivity contribution in [1.82, 2.24) is 0 Å². The first-order valence-electron chi connectivity index (χ1n) is 5.63. The van der Waals surface area contributed by atoms with Gasteiger partial charge in [-0.15, -0.1) is 0 Å². The molecule has 0 aromatic heterocycles. The average molecular weight is 245 g/mol. The third-order valence-electron chi connectivity index (χ3n) is 2.77. The third kappa shape index (κ3) is 2.43. The molecule has 0 aliphatic carbocycles. The topological polar surface area (TPSA) is 72.5 Å². The van der Waals surface area contributed by atoms with Crippen molar-refractivity contribution in [1.29, 1.82) is 0 Å². The highest BCUT2D eigenvalue weighted by Gasteiger charge is 2.29. The lowest BCUT2D eigenvalue weighted by Gasteiger charge is -2.20. The van der Waals surface area contributed by atoms with Crippen LogP contribution in [0.1, 0.15) is 6.92 Å². The zero-order chi connectivity index (χ0) is 13.2. The summed E-state index contributed by atoms with van der Waals surface area (Å²) in [5.41, 5.74) is 4.23. The maximum absolute atomic E-state index is 10.9. The van der Waals surface area contributed by atoms with E-state index < -0.39 is 11.5 Å². The van der Waals surface area contributed by atoms with Crippen LogP contribution in [0.15, 0.2) is 42.5 Å². The second-order valence-corrected chi connectivity index (χ2v) is 4.49. The van der Waals surface area contributed by atoms with Gasteiger partial charge in [0.05, 0.1) is 0 Å². The van der Waals surface area contributed by atoms with Crippen LogP contribution in [-0.2, 0) is 4.79 Å². The van der Waals surface area contributed by atoms with E-state index in [4.69, 9.17) is 15.6 Å². The number of hydrogen-bond acceptors (Lipinski definition) is 3. The van der Waals surface area contributed by atoms with Crippen LogP contribution >= 0.6 is 0 Å². The van der Waals surface area contributed by atoms with Crippen molar-refractivity contribution in [3.8, 4) is 5.75 Å². The molecule has 0 spiro atoms. The Morgan fingerprint density at radius 3 is 2.67 bits per heavy atom. The number of carbonyl (C=O) groups is 1. The number of aliphatic carboxylic acids is 1. The first kappa shape index (κ1) is 12.4. The first-order chi connectivity index (χ1) is 8.50. The lowest BCUT2D eigenvalue weighted by Crippen LogP contribution is -2.49. The number of hydrogen-bond donors (Lipinski definition) is 2. The quantitative estimate of drug-likeness (QED) is 0.864. The van der Waals surface area contributed by atoms with E-state index in [0.29, 0.717) is 5.75 Å². The van der Waals surface area contributed by atoms with Gasteiger partial charge in [0, 0.05) is 5.39 Å². The van der Waals surface area contributed by atoms with E-state index in [9.17, 15) is 4.79 Å². The van der Waals surface area contributed by atoms with Gasteiger partial charge in [-0.25, -0.2) is 0 Å². The van der Waals surface area contributed by atoms with Crippen LogP contribution in [0.5, 0.6) is 5.75 Å². The summed E-state index contributed by atoms with van der Waals surface area (Å²) in [6, 6.07) is 13.4. The minimum absolute atomic E-state index is 0.0731. The molecule has 0 radical (unpaired) electrons. The van der Waals surface area contributed by atoms with Gasteiger partial charge in [0.1, 0.15) is 17.9 Å². The number of carboxylic acids is 1. The van der Waals surface area contributed by atoms with Gasteiger partial charge < -0.3 is 15.6 Å². The first-order valence-corrected chi connectivity index (χ1v) is 5.63. The van der Waals surface area contributed by atoms with Crippen molar-refractivity contribution < 1.29 is 14.6 Å². The number of rotatable bonds is 4. The number of ether oxygens (including phenoxy) is 1. The molecule has 0 fully saturated rings. The minimum atomic E-state index is -1.39. The van der Waals surface area contributed by atoms with Gasteiger partial charge >= 0.3 is 5.97 Å². The fraction of sp³-hybridized carbons (Fsp3) is 0.214. The molecule has 0 saturated heterocycles. The predicted molar refractivity (Wildman–Crippen MR) is 69.7 cm³/mol. The van der Waals surface area contributed by atoms with Crippen molar-refractivity contribution in [3.05, 3.63) is 42.5 Å². The third-order valence-corrected chi connectivity index (χ3v) is 2.77. The zero-order valence-electron chi connectivity index (χ0n) is 10.1. The Morgan fingerprint density at radius 1 is 1.28 bits per heavy atom. The molecule has 2 rings (SSSR count). The smallest absolute Gasteiger partial charge is 0.326 e. The summed E-state index contributed by atoms with van der Waals surface area (Å²) in [5, 5.41) is 10.9. The summed E-state index contributed by atoms with van der Waals surface area (Å²) in [6.07, 6.45) is 0. The molecule has 0 aliphatic rings. The van der Waals surface area contributed by atoms with Gasteiger partial charge in [-0.2, -0.15) is 0 Å². The summed E-state index contributed by atoms with van der Waals surface area (Å²) in [4.78, 5) is 10.9. The number of benzene rings is 2. The van der Waals surface area contributed by atoms with Gasteiger partial charge in [0.25, 0.3) is 0 Å². The molecule has 4 heteroatoms. The Balaban J connectivity index is 2.25. The summed E-state index contributed by atoms with van der Waals surface area (Å²) < 4.78 is 5.54. The van der Waals surface area contributed by atoms with E-state index in [2.05, 4.69) is 0 Å². The van der Waals surface area contributed by atoms with Gasteiger partial charge in [-0.05, 0) is 18.4 Å². The Hall–Kier alpha value is -2.07. The van der Waals surface area contributed by atoms with Crippen LogP contribution in [0.2, 0.25) is 0 Å². The summed E-state index contributed by atoms with van der Waals surface area (Å²) in [7, 11) is 0. The maximum Gasteiger partial charge on any atom is 0.326 e.